The van der Waals surface area contributed by atoms with Crippen molar-refractivity contribution in [1.29, 1.82) is 0 Å². The van der Waals surface area contributed by atoms with Gasteiger partial charge < -0.3 is 16.2 Å². The summed E-state index contributed by atoms with van der Waals surface area (Å²) >= 11 is 0. The molecule has 0 unspecified atom stereocenters. The Labute approximate surface area is 137 Å². The highest BCUT2D eigenvalue weighted by molar-refractivity contribution is 6.06. The number of phenolic OH excluding ortho intramolecular Hbond substituents is 1. The minimum atomic E-state index is -0.152. The second-order valence-corrected chi connectivity index (χ2v) is 6.14. The number of benzene rings is 1. The van der Waals surface area contributed by atoms with Crippen molar-refractivity contribution in [3.05, 3.63) is 42.1 Å². The summed E-state index contributed by atoms with van der Waals surface area (Å²) in [5, 5.41) is 19.9. The van der Waals surface area contributed by atoms with Gasteiger partial charge in [-0.3, -0.25) is 9.89 Å². The van der Waals surface area contributed by atoms with Crippen LogP contribution in [-0.2, 0) is 0 Å². The lowest BCUT2D eigenvalue weighted by Gasteiger charge is -2.33. The van der Waals surface area contributed by atoms with E-state index in [-0.39, 0.29) is 23.7 Å². The minimum Gasteiger partial charge on any atom is -0.508 e. The fourth-order valence-electron chi connectivity index (χ4n) is 2.94. The molecule has 24 heavy (non-hydrogen) atoms. The van der Waals surface area contributed by atoms with Gasteiger partial charge in [-0.2, -0.15) is 5.10 Å². The van der Waals surface area contributed by atoms with Crippen molar-refractivity contribution in [3.63, 3.8) is 0 Å². The van der Waals surface area contributed by atoms with Gasteiger partial charge in [0.2, 0.25) is 0 Å². The van der Waals surface area contributed by atoms with E-state index in [1.165, 1.54) is 0 Å². The monoisotopic (exact) mass is 323 g/mol. The first-order valence-corrected chi connectivity index (χ1v) is 7.80. The normalized spacial score (nSPS) is 19.9. The zero-order valence-corrected chi connectivity index (χ0v) is 12.9. The number of phenols is 1. The van der Waals surface area contributed by atoms with Crippen molar-refractivity contribution < 1.29 is 9.90 Å². The number of H-pyrrole nitrogens is 1. The molecule has 0 atom stereocenters. The highest BCUT2D eigenvalue weighted by Crippen LogP contribution is 2.26. The molecule has 3 aromatic rings. The third kappa shape index (κ3) is 2.59. The number of rotatable bonds is 3. The minimum absolute atomic E-state index is 0.125. The molecular weight excluding hydrogens is 306 g/mol. The van der Waals surface area contributed by atoms with E-state index in [1.54, 1.807) is 36.5 Å². The predicted octanol–water partition coefficient (Wildman–Crippen LogP) is 1.55. The third-order valence-electron chi connectivity index (χ3n) is 4.34. The Kier molecular flexibility index (Phi) is 3.42. The Morgan fingerprint density at radius 3 is 2.75 bits per heavy atom. The summed E-state index contributed by atoms with van der Waals surface area (Å²) in [6.45, 7) is 0. The molecule has 4 rings (SSSR count). The summed E-state index contributed by atoms with van der Waals surface area (Å²) in [4.78, 5) is 17.1. The molecule has 1 saturated carbocycles. The maximum atomic E-state index is 12.6. The molecule has 0 saturated heterocycles. The summed E-state index contributed by atoms with van der Waals surface area (Å²) < 4.78 is 0. The SMILES string of the molecule is NC1CC(NC(=O)c2cc(-c3ccc(O)cc3)nc3[nH]ncc23)C1. The van der Waals surface area contributed by atoms with Gasteiger partial charge >= 0.3 is 0 Å². The maximum absolute atomic E-state index is 12.6. The number of hydrogen-bond donors (Lipinski definition) is 4. The van der Waals surface area contributed by atoms with Crippen LogP contribution in [0.2, 0.25) is 0 Å². The predicted molar refractivity (Wildman–Crippen MR) is 89.5 cm³/mol. The van der Waals surface area contributed by atoms with Crippen LogP contribution in [0.5, 0.6) is 5.75 Å². The lowest BCUT2D eigenvalue weighted by molar-refractivity contribution is 0.0912. The van der Waals surface area contributed by atoms with Crippen molar-refractivity contribution in [2.45, 2.75) is 24.9 Å². The van der Waals surface area contributed by atoms with E-state index in [0.29, 0.717) is 22.3 Å². The Bertz CT molecular complexity index is 897. The van der Waals surface area contributed by atoms with Crippen LogP contribution in [0.15, 0.2) is 36.5 Å². The highest BCUT2D eigenvalue weighted by Gasteiger charge is 2.28. The molecule has 5 N–H and O–H groups in total. The maximum Gasteiger partial charge on any atom is 0.252 e. The summed E-state index contributed by atoms with van der Waals surface area (Å²) in [6, 6.07) is 8.73. The fourth-order valence-corrected chi connectivity index (χ4v) is 2.94. The number of nitrogens with zero attached hydrogens (tertiary/aromatic N) is 2. The van der Waals surface area contributed by atoms with Crippen molar-refractivity contribution in [2.24, 2.45) is 5.73 Å². The number of fused-ring (bicyclic) bond motifs is 1. The zero-order chi connectivity index (χ0) is 16.7. The van der Waals surface area contributed by atoms with Gasteiger partial charge in [-0.25, -0.2) is 4.98 Å². The number of nitrogens with one attached hydrogen (secondary N) is 2. The smallest absolute Gasteiger partial charge is 0.252 e. The lowest BCUT2D eigenvalue weighted by Crippen LogP contribution is -2.50. The van der Waals surface area contributed by atoms with Crippen LogP contribution < -0.4 is 11.1 Å². The van der Waals surface area contributed by atoms with Crippen LogP contribution in [0.1, 0.15) is 23.2 Å². The van der Waals surface area contributed by atoms with E-state index in [4.69, 9.17) is 5.73 Å². The van der Waals surface area contributed by atoms with Crippen LogP contribution >= 0.6 is 0 Å². The van der Waals surface area contributed by atoms with Crippen molar-refractivity contribution >= 4 is 16.9 Å². The first-order valence-electron chi connectivity index (χ1n) is 7.80. The van der Waals surface area contributed by atoms with Crippen LogP contribution in [0.3, 0.4) is 0 Å². The number of aromatic nitrogens is 3. The van der Waals surface area contributed by atoms with E-state index in [9.17, 15) is 9.90 Å². The Morgan fingerprint density at radius 2 is 2.04 bits per heavy atom. The summed E-state index contributed by atoms with van der Waals surface area (Å²) in [5.74, 6) is 0.0291. The number of carbonyl (C=O) groups excluding carboxylic acids is 1. The Hall–Kier alpha value is -2.93. The average Bonchev–Trinajstić information content (AvgIpc) is 3.01. The molecule has 2 heterocycles. The van der Waals surface area contributed by atoms with E-state index in [2.05, 4.69) is 20.5 Å². The van der Waals surface area contributed by atoms with E-state index < -0.39 is 0 Å². The molecule has 1 amide bonds. The van der Waals surface area contributed by atoms with Gasteiger partial charge in [0.25, 0.3) is 5.91 Å². The lowest BCUT2D eigenvalue weighted by atomic mass is 9.87. The van der Waals surface area contributed by atoms with Gasteiger partial charge in [-0.1, -0.05) is 0 Å². The molecule has 1 aromatic carbocycles. The van der Waals surface area contributed by atoms with Gasteiger partial charge in [-0.05, 0) is 43.2 Å². The quantitative estimate of drug-likeness (QED) is 0.583. The average molecular weight is 323 g/mol. The molecule has 0 bridgehead atoms. The number of amides is 1. The van der Waals surface area contributed by atoms with Crippen LogP contribution in [0.4, 0.5) is 0 Å². The zero-order valence-electron chi connectivity index (χ0n) is 12.9. The van der Waals surface area contributed by atoms with Crippen LogP contribution in [-0.4, -0.2) is 38.3 Å². The first kappa shape index (κ1) is 14.6. The summed E-state index contributed by atoms with van der Waals surface area (Å²) in [5.41, 5.74) is 8.30. The van der Waals surface area contributed by atoms with E-state index in [1.807, 2.05) is 0 Å². The standard InChI is InChI=1S/C17H17N5O2/c18-10-5-11(6-10)20-17(24)13-7-15(9-1-3-12(23)4-2-9)21-16-14(13)8-19-22-16/h1-4,7-8,10-11,23H,5-6,18H2,(H,20,24)(H,19,21,22). The number of carbonyl (C=O) groups is 1. The molecule has 7 nitrogen and oxygen atoms in total. The van der Waals surface area contributed by atoms with Crippen LogP contribution in [0.25, 0.3) is 22.3 Å². The Balaban J connectivity index is 1.72. The fraction of sp³-hybridized carbons (Fsp3) is 0.235. The Morgan fingerprint density at radius 1 is 1.29 bits per heavy atom. The first-order chi connectivity index (χ1) is 11.6. The van der Waals surface area contributed by atoms with E-state index in [0.717, 1.165) is 18.4 Å². The number of hydrogen-bond acceptors (Lipinski definition) is 5. The number of nitrogens with two attached hydrogens (primary N) is 1. The van der Waals surface area contributed by atoms with Crippen LogP contribution in [0, 0.1) is 0 Å². The molecule has 1 fully saturated rings. The van der Waals surface area contributed by atoms with Gasteiger partial charge in [0.05, 0.1) is 22.8 Å². The second kappa shape index (κ2) is 5.61. The second-order valence-electron chi connectivity index (χ2n) is 6.14. The topological polar surface area (TPSA) is 117 Å². The van der Waals surface area contributed by atoms with E-state index >= 15 is 0 Å². The van der Waals surface area contributed by atoms with Gasteiger partial charge in [0.15, 0.2) is 5.65 Å². The molecule has 0 aliphatic heterocycles. The summed E-state index contributed by atoms with van der Waals surface area (Å²) in [7, 11) is 0. The number of pyridine rings is 1. The molecule has 2 aromatic heterocycles. The molecule has 1 aliphatic rings. The summed E-state index contributed by atoms with van der Waals surface area (Å²) in [6.07, 6.45) is 3.21. The number of aromatic hydroxyl groups is 1. The van der Waals surface area contributed by atoms with Gasteiger partial charge in [-0.15, -0.1) is 0 Å². The van der Waals surface area contributed by atoms with Crippen molar-refractivity contribution in [1.82, 2.24) is 20.5 Å². The molecule has 7 heteroatoms. The van der Waals surface area contributed by atoms with Gasteiger partial charge in [0.1, 0.15) is 5.75 Å². The molecule has 0 radical (unpaired) electrons. The molecule has 1 aliphatic carbocycles. The largest absolute Gasteiger partial charge is 0.508 e. The molecular formula is C17H17N5O2. The number of aromatic amines is 1. The molecule has 0 spiro atoms. The third-order valence-corrected chi connectivity index (χ3v) is 4.34. The highest BCUT2D eigenvalue weighted by atomic mass is 16.3. The van der Waals surface area contributed by atoms with Crippen molar-refractivity contribution in [2.75, 3.05) is 0 Å². The molecule has 122 valence electrons. The van der Waals surface area contributed by atoms with Gasteiger partial charge in [0, 0.05) is 17.6 Å². The van der Waals surface area contributed by atoms with Crippen molar-refractivity contribution in [3.8, 4) is 17.0 Å².